The van der Waals surface area contributed by atoms with Gasteiger partial charge in [-0.25, -0.2) is 12.8 Å². The first kappa shape index (κ1) is 30.8. The lowest BCUT2D eigenvalue weighted by molar-refractivity contribution is -0.140. The normalized spacial score (nSPS) is 14.4. The molecule has 0 spiro atoms. The fraction of sp³-hybridized carbons (Fsp3) is 0.333. The zero-order chi connectivity index (χ0) is 29.6. The number of rotatable bonds is 11. The van der Waals surface area contributed by atoms with Crippen molar-refractivity contribution in [1.29, 1.82) is 0 Å². The van der Waals surface area contributed by atoms with Crippen LogP contribution >= 0.6 is 23.2 Å². The Bertz CT molecular complexity index is 1470. The van der Waals surface area contributed by atoms with E-state index in [2.05, 4.69) is 5.32 Å². The molecule has 2 amide bonds. The minimum absolute atomic E-state index is 0.00673. The number of hydrogen-bond donors (Lipinski definition) is 1. The summed E-state index contributed by atoms with van der Waals surface area (Å²) in [6, 6.07) is 18.3. The Kier molecular flexibility index (Phi) is 10.3. The lowest BCUT2D eigenvalue weighted by atomic mass is 10.0. The van der Waals surface area contributed by atoms with E-state index in [0.29, 0.717) is 5.56 Å². The van der Waals surface area contributed by atoms with E-state index in [1.807, 2.05) is 30.3 Å². The lowest BCUT2D eigenvalue weighted by Gasteiger charge is -2.34. The molecular weight excluding hydrogens is 588 g/mol. The van der Waals surface area contributed by atoms with Gasteiger partial charge in [0.05, 0.1) is 22.0 Å². The zero-order valence-electron chi connectivity index (χ0n) is 22.6. The summed E-state index contributed by atoms with van der Waals surface area (Å²) in [6.07, 6.45) is 4.93. The molecule has 4 rings (SSSR count). The third-order valence-corrected chi connectivity index (χ3v) is 8.99. The minimum atomic E-state index is -3.94. The van der Waals surface area contributed by atoms with E-state index >= 15 is 0 Å². The summed E-state index contributed by atoms with van der Waals surface area (Å²) in [4.78, 5) is 29.3. The summed E-state index contributed by atoms with van der Waals surface area (Å²) >= 11 is 12.2. The van der Waals surface area contributed by atoms with Crippen LogP contribution in [0.5, 0.6) is 0 Å². The highest BCUT2D eigenvalue weighted by molar-refractivity contribution is 7.92. The van der Waals surface area contributed by atoms with E-state index in [4.69, 9.17) is 23.2 Å². The van der Waals surface area contributed by atoms with Crippen LogP contribution in [0.2, 0.25) is 10.0 Å². The second-order valence-electron chi connectivity index (χ2n) is 10.2. The Morgan fingerprint density at radius 1 is 0.951 bits per heavy atom. The summed E-state index contributed by atoms with van der Waals surface area (Å²) in [5, 5.41) is 3.47. The number of anilines is 1. The van der Waals surface area contributed by atoms with Gasteiger partial charge >= 0.3 is 0 Å². The maximum Gasteiger partial charge on any atom is 0.244 e. The van der Waals surface area contributed by atoms with Gasteiger partial charge < -0.3 is 10.2 Å². The average molecular weight is 621 g/mol. The van der Waals surface area contributed by atoms with Gasteiger partial charge in [0.1, 0.15) is 18.4 Å². The molecule has 218 valence electrons. The molecule has 1 saturated carbocycles. The SMILES string of the molecule is CS(=O)(=O)N(CC(=O)N(Cc1ccc(F)cc1)[C@@H](Cc1ccccc1)C(=O)NC1CCCC1)c1ccc(Cl)c(Cl)c1. The predicted octanol–water partition coefficient (Wildman–Crippen LogP) is 5.60. The number of benzene rings is 3. The molecule has 41 heavy (non-hydrogen) atoms. The second kappa shape index (κ2) is 13.7. The molecule has 7 nitrogen and oxygen atoms in total. The van der Waals surface area contributed by atoms with Gasteiger partial charge in [-0.15, -0.1) is 0 Å². The Hall–Kier alpha value is -3.14. The fourth-order valence-corrected chi connectivity index (χ4v) is 6.10. The van der Waals surface area contributed by atoms with Crippen LogP contribution in [-0.4, -0.2) is 50.0 Å². The van der Waals surface area contributed by atoms with Gasteiger partial charge in [0, 0.05) is 19.0 Å². The van der Waals surface area contributed by atoms with E-state index in [1.165, 1.54) is 47.4 Å². The molecule has 0 radical (unpaired) electrons. The van der Waals surface area contributed by atoms with Crippen LogP contribution in [0.1, 0.15) is 36.8 Å². The van der Waals surface area contributed by atoms with Crippen molar-refractivity contribution >= 4 is 50.7 Å². The molecule has 0 saturated heterocycles. The molecule has 1 aliphatic carbocycles. The maximum absolute atomic E-state index is 14.1. The first-order valence-corrected chi connectivity index (χ1v) is 15.9. The molecule has 1 aliphatic rings. The van der Waals surface area contributed by atoms with Crippen LogP contribution in [0.3, 0.4) is 0 Å². The lowest BCUT2D eigenvalue weighted by Crippen LogP contribution is -2.54. The van der Waals surface area contributed by atoms with Gasteiger partial charge in [0.2, 0.25) is 21.8 Å². The van der Waals surface area contributed by atoms with Crippen LogP contribution in [0.4, 0.5) is 10.1 Å². The first-order chi connectivity index (χ1) is 19.5. The molecule has 0 bridgehead atoms. The van der Waals surface area contributed by atoms with Crippen molar-refractivity contribution in [2.24, 2.45) is 0 Å². The van der Waals surface area contributed by atoms with E-state index in [9.17, 15) is 22.4 Å². The molecule has 3 aromatic rings. The number of nitrogens with one attached hydrogen (secondary N) is 1. The third-order valence-electron chi connectivity index (χ3n) is 7.11. The number of carbonyl (C=O) groups excluding carboxylic acids is 2. The molecular formula is C30H32Cl2FN3O4S. The highest BCUT2D eigenvalue weighted by Crippen LogP contribution is 2.29. The number of sulfonamides is 1. The number of hydrogen-bond acceptors (Lipinski definition) is 4. The molecule has 3 aromatic carbocycles. The molecule has 0 aliphatic heterocycles. The summed E-state index contributed by atoms with van der Waals surface area (Å²) in [5.74, 6) is -1.36. The van der Waals surface area contributed by atoms with Crippen LogP contribution < -0.4 is 9.62 Å². The second-order valence-corrected chi connectivity index (χ2v) is 12.9. The number of amides is 2. The Morgan fingerprint density at radius 2 is 1.61 bits per heavy atom. The summed E-state index contributed by atoms with van der Waals surface area (Å²) in [7, 11) is -3.94. The molecule has 11 heteroatoms. The fourth-order valence-electron chi connectivity index (χ4n) is 4.96. The summed E-state index contributed by atoms with van der Waals surface area (Å²) in [5.41, 5.74) is 1.58. The number of halogens is 3. The molecule has 0 unspecified atom stereocenters. The monoisotopic (exact) mass is 619 g/mol. The maximum atomic E-state index is 14.1. The standard InChI is InChI=1S/C30H32Cl2FN3O4S/c1-41(39,40)36(25-15-16-26(31)27(32)18-25)20-29(37)35(19-22-11-13-23(33)14-12-22)28(17-21-7-3-2-4-8-21)30(38)34-24-9-5-6-10-24/h2-4,7-8,11-16,18,24,28H,5-6,9-10,17,19-20H2,1H3,(H,34,38)/t28-/m0/s1. The van der Waals surface area contributed by atoms with Gasteiger partial charge in [-0.05, 0) is 54.3 Å². The highest BCUT2D eigenvalue weighted by Gasteiger charge is 2.34. The topological polar surface area (TPSA) is 86.8 Å². The predicted molar refractivity (Wildman–Crippen MR) is 160 cm³/mol. The van der Waals surface area contributed by atoms with Crippen molar-refractivity contribution in [3.05, 3.63) is 99.8 Å². The van der Waals surface area contributed by atoms with Crippen molar-refractivity contribution in [1.82, 2.24) is 10.2 Å². The Morgan fingerprint density at radius 3 is 2.22 bits per heavy atom. The van der Waals surface area contributed by atoms with Gasteiger partial charge in [0.25, 0.3) is 0 Å². The van der Waals surface area contributed by atoms with Crippen LogP contribution in [0, 0.1) is 5.82 Å². The van der Waals surface area contributed by atoms with Gasteiger partial charge in [-0.1, -0.05) is 78.5 Å². The molecule has 1 fully saturated rings. The van der Waals surface area contributed by atoms with Gasteiger partial charge in [-0.2, -0.15) is 0 Å². The summed E-state index contributed by atoms with van der Waals surface area (Å²) in [6.45, 7) is -0.617. The quantitative estimate of drug-likeness (QED) is 0.303. The zero-order valence-corrected chi connectivity index (χ0v) is 24.9. The molecule has 0 heterocycles. The number of nitrogens with zero attached hydrogens (tertiary/aromatic N) is 2. The Balaban J connectivity index is 1.72. The van der Waals surface area contributed by atoms with Gasteiger partial charge in [0.15, 0.2) is 0 Å². The number of carbonyl (C=O) groups is 2. The highest BCUT2D eigenvalue weighted by atomic mass is 35.5. The largest absolute Gasteiger partial charge is 0.352 e. The van der Waals surface area contributed by atoms with E-state index < -0.39 is 34.3 Å². The molecule has 0 aromatic heterocycles. The minimum Gasteiger partial charge on any atom is -0.352 e. The van der Waals surface area contributed by atoms with Crippen LogP contribution in [0.25, 0.3) is 0 Å². The van der Waals surface area contributed by atoms with Crippen LogP contribution in [-0.2, 0) is 32.6 Å². The molecule has 1 atom stereocenters. The van der Waals surface area contributed by atoms with Crippen molar-refractivity contribution in [3.8, 4) is 0 Å². The van der Waals surface area contributed by atoms with Crippen molar-refractivity contribution in [3.63, 3.8) is 0 Å². The molecule has 1 N–H and O–H groups in total. The van der Waals surface area contributed by atoms with Crippen molar-refractivity contribution < 1.29 is 22.4 Å². The average Bonchev–Trinajstić information content (AvgIpc) is 3.45. The van der Waals surface area contributed by atoms with Crippen molar-refractivity contribution in [2.75, 3.05) is 17.1 Å². The third kappa shape index (κ3) is 8.44. The van der Waals surface area contributed by atoms with E-state index in [1.54, 1.807) is 0 Å². The Labute approximate surface area is 250 Å². The van der Waals surface area contributed by atoms with Crippen molar-refractivity contribution in [2.45, 2.75) is 50.7 Å². The van der Waals surface area contributed by atoms with Crippen LogP contribution in [0.15, 0.2) is 72.8 Å². The summed E-state index contributed by atoms with van der Waals surface area (Å²) < 4.78 is 40.4. The van der Waals surface area contributed by atoms with E-state index in [0.717, 1.165) is 41.8 Å². The van der Waals surface area contributed by atoms with Gasteiger partial charge in [-0.3, -0.25) is 13.9 Å². The smallest absolute Gasteiger partial charge is 0.244 e. The first-order valence-electron chi connectivity index (χ1n) is 13.3. The van der Waals surface area contributed by atoms with E-state index in [-0.39, 0.29) is 40.6 Å².